The van der Waals surface area contributed by atoms with Crippen LogP contribution in [0.5, 0.6) is 0 Å². The number of anilines is 1. The zero-order valence-corrected chi connectivity index (χ0v) is 7.91. The van der Waals surface area contributed by atoms with Crippen molar-refractivity contribution in [2.24, 2.45) is 0 Å². The van der Waals surface area contributed by atoms with Crippen LogP contribution in [0.4, 0.5) is 5.82 Å². The second kappa shape index (κ2) is 3.09. The van der Waals surface area contributed by atoms with Crippen molar-refractivity contribution in [3.05, 3.63) is 24.4 Å². The van der Waals surface area contributed by atoms with Gasteiger partial charge < -0.3 is 9.88 Å². The first-order valence-electron chi connectivity index (χ1n) is 4.46. The van der Waals surface area contributed by atoms with Gasteiger partial charge in [0.05, 0.1) is 0 Å². The van der Waals surface area contributed by atoms with Gasteiger partial charge in [-0.2, -0.15) is 0 Å². The van der Waals surface area contributed by atoms with Crippen LogP contribution in [0, 0.1) is 0 Å². The molecule has 0 aromatic carbocycles. The number of hydrogen-bond donors (Lipinski definition) is 1. The normalized spacial score (nSPS) is 10.6. The van der Waals surface area contributed by atoms with Crippen LogP contribution in [0.1, 0.15) is 6.92 Å². The molecule has 0 fully saturated rings. The van der Waals surface area contributed by atoms with Crippen molar-refractivity contribution in [1.29, 1.82) is 0 Å². The minimum Gasteiger partial charge on any atom is -0.360 e. The van der Waals surface area contributed by atoms with Crippen molar-refractivity contribution in [3.8, 4) is 0 Å². The Kier molecular flexibility index (Phi) is 1.93. The van der Waals surface area contributed by atoms with Crippen molar-refractivity contribution in [3.63, 3.8) is 0 Å². The lowest BCUT2D eigenvalue weighted by Crippen LogP contribution is -2.16. The number of hydrogen-bond acceptors (Lipinski definition) is 2. The molecule has 0 aliphatic rings. The highest BCUT2D eigenvalue weighted by atomic mass is 15.2. The summed E-state index contributed by atoms with van der Waals surface area (Å²) in [6, 6.07) is 6.15. The molecule has 0 bridgehead atoms. The van der Waals surface area contributed by atoms with Gasteiger partial charge >= 0.3 is 0 Å². The van der Waals surface area contributed by atoms with Gasteiger partial charge in [0.25, 0.3) is 0 Å². The Morgan fingerprint density at radius 1 is 1.38 bits per heavy atom. The van der Waals surface area contributed by atoms with Crippen LogP contribution >= 0.6 is 0 Å². The van der Waals surface area contributed by atoms with Gasteiger partial charge in [-0.05, 0) is 25.1 Å². The van der Waals surface area contributed by atoms with Gasteiger partial charge in [-0.15, -0.1) is 0 Å². The molecule has 0 unspecified atom stereocenters. The Morgan fingerprint density at radius 2 is 2.23 bits per heavy atom. The highest BCUT2D eigenvalue weighted by molar-refractivity contribution is 5.77. The fourth-order valence-corrected chi connectivity index (χ4v) is 1.29. The number of H-pyrrole nitrogens is 1. The van der Waals surface area contributed by atoms with Crippen molar-refractivity contribution in [2.45, 2.75) is 6.92 Å². The zero-order valence-electron chi connectivity index (χ0n) is 7.91. The van der Waals surface area contributed by atoms with Crippen molar-refractivity contribution >= 4 is 16.9 Å². The number of rotatable bonds is 2. The number of fused-ring (bicyclic) bond motifs is 1. The molecule has 0 saturated carbocycles. The van der Waals surface area contributed by atoms with E-state index in [1.807, 2.05) is 25.4 Å². The van der Waals surface area contributed by atoms with E-state index in [9.17, 15) is 0 Å². The third-order valence-corrected chi connectivity index (χ3v) is 2.26. The van der Waals surface area contributed by atoms with Crippen LogP contribution in [0.25, 0.3) is 11.0 Å². The number of aromatic amines is 1. The van der Waals surface area contributed by atoms with Crippen LogP contribution in [0.2, 0.25) is 0 Å². The lowest BCUT2D eigenvalue weighted by Gasteiger charge is -2.14. The molecular formula is C10H13N3. The maximum atomic E-state index is 4.48. The first-order valence-corrected chi connectivity index (χ1v) is 4.46. The molecule has 0 aliphatic carbocycles. The molecule has 3 heteroatoms. The average Bonchev–Trinajstić information content (AvgIpc) is 2.63. The number of nitrogens with one attached hydrogen (secondary N) is 1. The van der Waals surface area contributed by atoms with E-state index in [4.69, 9.17) is 0 Å². The monoisotopic (exact) mass is 175 g/mol. The molecule has 1 N–H and O–H groups in total. The van der Waals surface area contributed by atoms with E-state index >= 15 is 0 Å². The van der Waals surface area contributed by atoms with Gasteiger partial charge in [0.15, 0.2) is 0 Å². The molecule has 2 aromatic rings. The summed E-state index contributed by atoms with van der Waals surface area (Å²) in [5.41, 5.74) is 0.956. The topological polar surface area (TPSA) is 31.9 Å². The van der Waals surface area contributed by atoms with Crippen LogP contribution in [0.3, 0.4) is 0 Å². The van der Waals surface area contributed by atoms with Gasteiger partial charge in [0.2, 0.25) is 0 Å². The van der Waals surface area contributed by atoms with Gasteiger partial charge in [-0.1, -0.05) is 0 Å². The standard InChI is InChI=1S/C10H13N3/c1-3-13(2)9-5-4-8-6-7-11-10(8)12-9/h4-7H,3H2,1-2H3,(H,11,12). The molecule has 3 nitrogen and oxygen atoms in total. The Bertz CT molecular complexity index is 405. The van der Waals surface area contributed by atoms with E-state index in [0.29, 0.717) is 0 Å². The van der Waals surface area contributed by atoms with Crippen molar-refractivity contribution < 1.29 is 0 Å². The molecule has 2 aromatic heterocycles. The van der Waals surface area contributed by atoms with Crippen LogP contribution in [-0.2, 0) is 0 Å². The Morgan fingerprint density at radius 3 is 3.00 bits per heavy atom. The maximum Gasteiger partial charge on any atom is 0.139 e. The van der Waals surface area contributed by atoms with Gasteiger partial charge in [-0.25, -0.2) is 4.98 Å². The zero-order chi connectivity index (χ0) is 9.26. The van der Waals surface area contributed by atoms with Gasteiger partial charge in [0.1, 0.15) is 11.5 Å². The average molecular weight is 175 g/mol. The molecule has 0 radical (unpaired) electrons. The molecule has 0 saturated heterocycles. The predicted molar refractivity (Wildman–Crippen MR) is 55.0 cm³/mol. The maximum absolute atomic E-state index is 4.48. The first-order chi connectivity index (χ1) is 6.31. The Balaban J connectivity index is 2.48. The SMILES string of the molecule is CCN(C)c1ccc2cc[nH]c2n1. The fourth-order valence-electron chi connectivity index (χ4n) is 1.29. The first kappa shape index (κ1) is 8.10. The molecule has 2 heterocycles. The van der Waals surface area contributed by atoms with E-state index in [0.717, 1.165) is 23.4 Å². The summed E-state index contributed by atoms with van der Waals surface area (Å²) in [5.74, 6) is 1.01. The highest BCUT2D eigenvalue weighted by Gasteiger charge is 2.01. The van der Waals surface area contributed by atoms with E-state index in [1.165, 1.54) is 0 Å². The van der Waals surface area contributed by atoms with Crippen LogP contribution < -0.4 is 4.90 Å². The minimum atomic E-state index is 0.956. The van der Waals surface area contributed by atoms with E-state index < -0.39 is 0 Å². The van der Waals surface area contributed by atoms with Gasteiger partial charge in [-0.3, -0.25) is 0 Å². The van der Waals surface area contributed by atoms with Crippen molar-refractivity contribution in [1.82, 2.24) is 9.97 Å². The van der Waals surface area contributed by atoms with E-state index in [2.05, 4.69) is 27.9 Å². The van der Waals surface area contributed by atoms with E-state index in [-0.39, 0.29) is 0 Å². The molecule has 13 heavy (non-hydrogen) atoms. The summed E-state index contributed by atoms with van der Waals surface area (Å²) in [6.07, 6.45) is 1.91. The van der Waals surface area contributed by atoms with Crippen LogP contribution in [0.15, 0.2) is 24.4 Å². The number of pyridine rings is 1. The molecule has 2 rings (SSSR count). The Hall–Kier alpha value is -1.51. The van der Waals surface area contributed by atoms with Gasteiger partial charge in [0, 0.05) is 25.2 Å². The third kappa shape index (κ3) is 1.37. The second-order valence-corrected chi connectivity index (χ2v) is 3.10. The number of nitrogens with zero attached hydrogens (tertiary/aromatic N) is 2. The lowest BCUT2D eigenvalue weighted by molar-refractivity contribution is 0.943. The van der Waals surface area contributed by atoms with E-state index in [1.54, 1.807) is 0 Å². The smallest absolute Gasteiger partial charge is 0.139 e. The van der Waals surface area contributed by atoms with Crippen molar-refractivity contribution in [2.75, 3.05) is 18.5 Å². The summed E-state index contributed by atoms with van der Waals surface area (Å²) in [6.45, 7) is 3.08. The predicted octanol–water partition coefficient (Wildman–Crippen LogP) is 2.02. The molecule has 0 atom stereocenters. The summed E-state index contributed by atoms with van der Waals surface area (Å²) in [4.78, 5) is 9.69. The molecule has 0 spiro atoms. The molecular weight excluding hydrogens is 162 g/mol. The molecule has 68 valence electrons. The second-order valence-electron chi connectivity index (χ2n) is 3.10. The Labute approximate surface area is 77.4 Å². The third-order valence-electron chi connectivity index (χ3n) is 2.26. The summed E-state index contributed by atoms with van der Waals surface area (Å²) in [7, 11) is 2.04. The quantitative estimate of drug-likeness (QED) is 0.757. The summed E-state index contributed by atoms with van der Waals surface area (Å²) in [5, 5.41) is 1.16. The largest absolute Gasteiger partial charge is 0.360 e. The van der Waals surface area contributed by atoms with Crippen LogP contribution in [-0.4, -0.2) is 23.6 Å². The fraction of sp³-hybridized carbons (Fsp3) is 0.300. The number of aromatic nitrogens is 2. The summed E-state index contributed by atoms with van der Waals surface area (Å²) < 4.78 is 0. The lowest BCUT2D eigenvalue weighted by atomic mass is 10.3. The molecule has 0 amide bonds. The molecule has 0 aliphatic heterocycles. The minimum absolute atomic E-state index is 0.956. The highest BCUT2D eigenvalue weighted by Crippen LogP contribution is 2.15. The summed E-state index contributed by atoms with van der Waals surface area (Å²) >= 11 is 0.